The predicted molar refractivity (Wildman–Crippen MR) is 45.9 cm³/mol. The lowest BCUT2D eigenvalue weighted by Gasteiger charge is -2.18. The van der Waals surface area contributed by atoms with Gasteiger partial charge in [0.25, 0.3) is 0 Å². The number of likely N-dealkylation sites (N-methyl/N-ethyl adjacent to an activating group) is 1. The van der Waals surface area contributed by atoms with Crippen molar-refractivity contribution in [1.29, 1.82) is 0 Å². The van der Waals surface area contributed by atoms with Crippen LogP contribution in [-0.2, 0) is 0 Å². The normalized spacial score (nSPS) is 16.1. The van der Waals surface area contributed by atoms with Gasteiger partial charge in [-0.05, 0) is 19.1 Å². The van der Waals surface area contributed by atoms with Gasteiger partial charge in [-0.15, -0.1) is 12.4 Å². The molecule has 0 bridgehead atoms. The number of rotatable bonds is 1. The molecule has 0 spiro atoms. The monoisotopic (exact) mass is 160 g/mol. The smallest absolute Gasteiger partial charge is 0.0376 e. The maximum atomic E-state index is 5.50. The largest absolute Gasteiger partial charge is 0.399 e. The van der Waals surface area contributed by atoms with E-state index in [2.05, 4.69) is 11.8 Å². The third-order valence-electron chi connectivity index (χ3n) is 1.45. The van der Waals surface area contributed by atoms with Crippen molar-refractivity contribution >= 4 is 12.4 Å². The van der Waals surface area contributed by atoms with Crippen molar-refractivity contribution in [1.82, 2.24) is 4.90 Å². The van der Waals surface area contributed by atoms with Crippen molar-refractivity contribution in [3.8, 4) is 0 Å². The second-order valence-electron chi connectivity index (χ2n) is 2.11. The van der Waals surface area contributed by atoms with Gasteiger partial charge in [0, 0.05) is 25.0 Å². The summed E-state index contributed by atoms with van der Waals surface area (Å²) in [6.07, 6.45) is 5.96. The van der Waals surface area contributed by atoms with Crippen molar-refractivity contribution in [3.63, 3.8) is 0 Å². The number of hydrogen-bond acceptors (Lipinski definition) is 2. The van der Waals surface area contributed by atoms with E-state index in [1.165, 1.54) is 0 Å². The molecule has 2 nitrogen and oxygen atoms in total. The number of allylic oxidation sites excluding steroid dienone is 1. The Balaban J connectivity index is 0.000000810. The first-order valence-corrected chi connectivity index (χ1v) is 3.21. The van der Waals surface area contributed by atoms with E-state index in [0.29, 0.717) is 0 Å². The van der Waals surface area contributed by atoms with Gasteiger partial charge in [0.2, 0.25) is 0 Å². The van der Waals surface area contributed by atoms with E-state index >= 15 is 0 Å². The molecule has 1 aliphatic heterocycles. The lowest BCUT2D eigenvalue weighted by atomic mass is 10.3. The zero-order valence-corrected chi connectivity index (χ0v) is 6.90. The van der Waals surface area contributed by atoms with E-state index in [-0.39, 0.29) is 12.4 Å². The van der Waals surface area contributed by atoms with Crippen LogP contribution >= 0.6 is 12.4 Å². The summed E-state index contributed by atoms with van der Waals surface area (Å²) in [6, 6.07) is 0. The van der Waals surface area contributed by atoms with Crippen molar-refractivity contribution in [2.75, 3.05) is 13.1 Å². The summed E-state index contributed by atoms with van der Waals surface area (Å²) in [4.78, 5) is 2.19. The van der Waals surface area contributed by atoms with E-state index in [1.807, 2.05) is 18.4 Å². The van der Waals surface area contributed by atoms with Crippen LogP contribution in [0, 0.1) is 0 Å². The average molecular weight is 161 g/mol. The van der Waals surface area contributed by atoms with Gasteiger partial charge in [-0.25, -0.2) is 0 Å². The van der Waals surface area contributed by atoms with Crippen LogP contribution in [0.15, 0.2) is 24.0 Å². The topological polar surface area (TPSA) is 29.3 Å². The first-order valence-electron chi connectivity index (χ1n) is 3.21. The highest BCUT2D eigenvalue weighted by Gasteiger charge is 1.97. The first kappa shape index (κ1) is 9.37. The van der Waals surface area contributed by atoms with Crippen molar-refractivity contribution in [3.05, 3.63) is 24.0 Å². The molecule has 58 valence electrons. The highest BCUT2D eigenvalue weighted by molar-refractivity contribution is 5.85. The fraction of sp³-hybridized carbons (Fsp3) is 0.429. The molecule has 10 heavy (non-hydrogen) atoms. The van der Waals surface area contributed by atoms with Crippen molar-refractivity contribution in [2.24, 2.45) is 5.73 Å². The third kappa shape index (κ3) is 2.31. The summed E-state index contributed by atoms with van der Waals surface area (Å²) >= 11 is 0. The Hall–Kier alpha value is -0.630. The molecule has 1 aliphatic rings. The van der Waals surface area contributed by atoms with Crippen LogP contribution in [0.5, 0.6) is 0 Å². The molecule has 0 aromatic heterocycles. The molecule has 1 heterocycles. The fourth-order valence-electron chi connectivity index (χ4n) is 0.778. The molecule has 0 unspecified atom stereocenters. The molecule has 0 aromatic rings. The van der Waals surface area contributed by atoms with Crippen molar-refractivity contribution < 1.29 is 0 Å². The summed E-state index contributed by atoms with van der Waals surface area (Å²) in [7, 11) is 0. The van der Waals surface area contributed by atoms with Crippen LogP contribution in [0.25, 0.3) is 0 Å². The zero-order chi connectivity index (χ0) is 6.69. The number of nitrogens with two attached hydrogens (primary N) is 1. The van der Waals surface area contributed by atoms with Crippen LogP contribution in [0.4, 0.5) is 0 Å². The summed E-state index contributed by atoms with van der Waals surface area (Å²) in [5.41, 5.74) is 6.37. The van der Waals surface area contributed by atoms with Gasteiger partial charge < -0.3 is 10.6 Å². The maximum Gasteiger partial charge on any atom is 0.0376 e. The highest BCUT2D eigenvalue weighted by atomic mass is 35.5. The standard InChI is InChI=1S/C7H12N2.ClH/c1-2-9-5-3-7(8)4-6-9;/h3-5H,2,6,8H2,1H3;1H. The highest BCUT2D eigenvalue weighted by Crippen LogP contribution is 2.00. The zero-order valence-electron chi connectivity index (χ0n) is 6.08. The van der Waals surface area contributed by atoms with Crippen LogP contribution < -0.4 is 5.73 Å². The third-order valence-corrected chi connectivity index (χ3v) is 1.45. The van der Waals surface area contributed by atoms with Crippen LogP contribution in [0.2, 0.25) is 0 Å². The SMILES string of the molecule is CCN1C=CC(N)=CC1.Cl. The fourth-order valence-corrected chi connectivity index (χ4v) is 0.778. The van der Waals surface area contributed by atoms with Gasteiger partial charge in [-0.1, -0.05) is 0 Å². The van der Waals surface area contributed by atoms with Gasteiger partial charge in [0.05, 0.1) is 0 Å². The van der Waals surface area contributed by atoms with Crippen LogP contribution in [0.3, 0.4) is 0 Å². The predicted octanol–water partition coefficient (Wildman–Crippen LogP) is 1.10. The van der Waals surface area contributed by atoms with E-state index in [4.69, 9.17) is 5.73 Å². The second-order valence-corrected chi connectivity index (χ2v) is 2.11. The van der Waals surface area contributed by atoms with Gasteiger partial charge in [-0.2, -0.15) is 0 Å². The van der Waals surface area contributed by atoms with Gasteiger partial charge in [0.1, 0.15) is 0 Å². The molecule has 0 radical (unpaired) electrons. The Morgan fingerprint density at radius 1 is 1.70 bits per heavy atom. The van der Waals surface area contributed by atoms with Crippen molar-refractivity contribution in [2.45, 2.75) is 6.92 Å². The minimum absolute atomic E-state index is 0. The Morgan fingerprint density at radius 3 is 2.80 bits per heavy atom. The molecule has 0 saturated heterocycles. The Morgan fingerprint density at radius 2 is 2.40 bits per heavy atom. The molecular formula is C7H13ClN2. The van der Waals surface area contributed by atoms with Gasteiger partial charge in [0.15, 0.2) is 0 Å². The molecule has 2 N–H and O–H groups in total. The Kier molecular flexibility index (Phi) is 3.96. The van der Waals surface area contributed by atoms with Crippen LogP contribution in [-0.4, -0.2) is 18.0 Å². The van der Waals surface area contributed by atoms with Crippen LogP contribution in [0.1, 0.15) is 6.92 Å². The molecule has 0 aliphatic carbocycles. The summed E-state index contributed by atoms with van der Waals surface area (Å²) < 4.78 is 0. The Labute approximate surface area is 67.8 Å². The van der Waals surface area contributed by atoms with E-state index < -0.39 is 0 Å². The summed E-state index contributed by atoms with van der Waals surface area (Å²) in [5.74, 6) is 0. The van der Waals surface area contributed by atoms with Gasteiger partial charge in [-0.3, -0.25) is 0 Å². The molecule has 0 fully saturated rings. The molecule has 0 atom stereocenters. The lowest BCUT2D eigenvalue weighted by molar-refractivity contribution is 0.433. The summed E-state index contributed by atoms with van der Waals surface area (Å²) in [6.45, 7) is 4.14. The first-order chi connectivity index (χ1) is 4.33. The molecule has 0 amide bonds. The number of hydrogen-bond donors (Lipinski definition) is 1. The average Bonchev–Trinajstić information content (AvgIpc) is 1.90. The van der Waals surface area contributed by atoms with E-state index in [0.717, 1.165) is 18.8 Å². The quantitative estimate of drug-likeness (QED) is 0.623. The van der Waals surface area contributed by atoms with E-state index in [1.54, 1.807) is 0 Å². The number of nitrogens with zero attached hydrogens (tertiary/aromatic N) is 1. The lowest BCUT2D eigenvalue weighted by Crippen LogP contribution is -2.20. The molecular weight excluding hydrogens is 148 g/mol. The minimum atomic E-state index is 0. The molecule has 0 saturated carbocycles. The minimum Gasteiger partial charge on any atom is -0.399 e. The molecule has 0 aromatic carbocycles. The second kappa shape index (κ2) is 4.23. The van der Waals surface area contributed by atoms with E-state index in [9.17, 15) is 0 Å². The number of halogens is 1. The maximum absolute atomic E-state index is 5.50. The van der Waals surface area contributed by atoms with Gasteiger partial charge >= 0.3 is 0 Å². The Bertz CT molecular complexity index is 152. The molecule has 3 heteroatoms. The summed E-state index contributed by atoms with van der Waals surface area (Å²) in [5, 5.41) is 0. The molecule has 1 rings (SSSR count).